The Morgan fingerprint density at radius 1 is 0.250 bits per heavy atom. The molecule has 8 nitrogen and oxygen atoms in total. The van der Waals surface area contributed by atoms with E-state index in [2.05, 4.69) is 75.1 Å². The lowest BCUT2D eigenvalue weighted by atomic mass is 9.78. The summed E-state index contributed by atoms with van der Waals surface area (Å²) in [7, 11) is 0. The number of hydrogen-bond acceptors (Lipinski definition) is 8. The Labute approximate surface area is 555 Å². The first kappa shape index (κ1) is 83.8. The van der Waals surface area contributed by atoms with Crippen LogP contribution in [-0.4, -0.2) is 162 Å². The predicted molar refractivity (Wildman–Crippen MR) is 396 cm³/mol. The molecule has 2 fully saturated rings. The van der Waals surface area contributed by atoms with Gasteiger partial charge in [-0.25, -0.2) is 0 Å². The van der Waals surface area contributed by atoms with Crippen molar-refractivity contribution in [3.63, 3.8) is 0 Å². The number of nitrogens with zero attached hydrogens (tertiary/aromatic N) is 5. The fourth-order valence-electron chi connectivity index (χ4n) is 14.9. The summed E-state index contributed by atoms with van der Waals surface area (Å²) in [6.45, 7) is 37.7. The molecule has 2 saturated heterocycles. The van der Waals surface area contributed by atoms with Gasteiger partial charge in [-0.15, -0.1) is 0 Å². The van der Waals surface area contributed by atoms with E-state index in [1.807, 2.05) is 0 Å². The molecular weight excluding hydrogens is 1070 g/mol. The standard InChI is InChI=1S/C80H166N8/c1-6-11-16-21-25-28-31-32-33-36-42-49-58-81-59-68-85(74-77-87-69-60-82-61-70-87)65-51-45-39-41-48-55-79(54-46-20-15-10-5)80(56-47-40-24-19-14-9-4)57-53-67-84(64-50-43-37-34-29-26-22-17-12-7-2)73-75-86(76-78-88-71-62-83-63-72-88)66-52-44-38-35-30-27-23-18-13-8-3/h79-83H,6-78H2,1-5H3. The average Bonchev–Trinajstić information content (AvgIpc) is 3.59. The summed E-state index contributed by atoms with van der Waals surface area (Å²) in [6, 6.07) is 0. The van der Waals surface area contributed by atoms with Gasteiger partial charge in [0.25, 0.3) is 0 Å². The highest BCUT2D eigenvalue weighted by molar-refractivity contribution is 4.76. The zero-order chi connectivity index (χ0) is 62.8. The van der Waals surface area contributed by atoms with Crippen LogP contribution < -0.4 is 16.0 Å². The van der Waals surface area contributed by atoms with Crippen LogP contribution in [0.4, 0.5) is 0 Å². The first-order valence-electron chi connectivity index (χ1n) is 41.4. The highest BCUT2D eigenvalue weighted by Crippen LogP contribution is 2.33. The number of nitrogens with one attached hydrogen (secondary N) is 3. The largest absolute Gasteiger partial charge is 0.315 e. The molecule has 2 aliphatic heterocycles. The van der Waals surface area contributed by atoms with Gasteiger partial charge < -0.3 is 30.7 Å². The summed E-state index contributed by atoms with van der Waals surface area (Å²) in [5.74, 6) is 1.86. The lowest BCUT2D eigenvalue weighted by Crippen LogP contribution is -2.47. The van der Waals surface area contributed by atoms with Crippen molar-refractivity contribution in [3.05, 3.63) is 0 Å². The molecule has 3 N–H and O–H groups in total. The second-order valence-corrected chi connectivity index (χ2v) is 29.3. The van der Waals surface area contributed by atoms with E-state index in [0.717, 1.165) is 31.5 Å². The van der Waals surface area contributed by atoms with Gasteiger partial charge in [-0.3, -0.25) is 9.80 Å². The second-order valence-electron chi connectivity index (χ2n) is 29.3. The molecule has 88 heavy (non-hydrogen) atoms. The van der Waals surface area contributed by atoms with E-state index < -0.39 is 0 Å². The Bertz CT molecular complexity index is 1310. The highest BCUT2D eigenvalue weighted by Gasteiger charge is 2.22. The Balaban J connectivity index is 2.03. The quantitative estimate of drug-likeness (QED) is 0.0521. The SMILES string of the molecule is CCCCCCCCCCCCCCNCCN(CCCCCCCC(CCCCCC)C(CCCCCCCC)CCCN(CCCCCCCCCCCC)CCN(CCCCCCCCCCCC)CCN1CCNCC1)CCN1CCNCC1. The normalized spacial score (nSPS) is 15.3. The van der Waals surface area contributed by atoms with Gasteiger partial charge in [0.15, 0.2) is 0 Å². The molecule has 0 aromatic rings. The van der Waals surface area contributed by atoms with Crippen LogP contribution in [0, 0.1) is 11.8 Å². The molecule has 2 aliphatic rings. The molecule has 0 aliphatic carbocycles. The smallest absolute Gasteiger partial charge is 0.0110 e. The van der Waals surface area contributed by atoms with E-state index in [-0.39, 0.29) is 0 Å². The third-order valence-corrected chi connectivity index (χ3v) is 21.2. The summed E-state index contributed by atoms with van der Waals surface area (Å²) in [6.07, 6.45) is 74.8. The monoisotopic (exact) mass is 1240 g/mol. The van der Waals surface area contributed by atoms with E-state index >= 15 is 0 Å². The maximum atomic E-state index is 3.88. The molecule has 526 valence electrons. The van der Waals surface area contributed by atoms with Crippen LogP contribution in [0.15, 0.2) is 0 Å². The molecule has 8 heteroatoms. The average molecular weight is 1240 g/mol. The van der Waals surface area contributed by atoms with Gasteiger partial charge in [-0.05, 0) is 83.1 Å². The summed E-state index contributed by atoms with van der Waals surface area (Å²) in [4.78, 5) is 14.2. The topological polar surface area (TPSA) is 52.3 Å². The third-order valence-electron chi connectivity index (χ3n) is 21.2. The minimum Gasteiger partial charge on any atom is -0.315 e. The van der Waals surface area contributed by atoms with Crippen molar-refractivity contribution in [1.29, 1.82) is 0 Å². The molecule has 2 atom stereocenters. The molecule has 0 aromatic heterocycles. The van der Waals surface area contributed by atoms with Gasteiger partial charge in [0.05, 0.1) is 0 Å². The molecule has 0 saturated carbocycles. The van der Waals surface area contributed by atoms with E-state index in [1.165, 1.54) is 452 Å². The van der Waals surface area contributed by atoms with Gasteiger partial charge in [-0.2, -0.15) is 0 Å². The van der Waals surface area contributed by atoms with Gasteiger partial charge in [0.2, 0.25) is 0 Å². The van der Waals surface area contributed by atoms with Crippen molar-refractivity contribution in [3.8, 4) is 0 Å². The molecule has 2 rings (SSSR count). The van der Waals surface area contributed by atoms with E-state index in [1.54, 1.807) is 0 Å². The fourth-order valence-corrected chi connectivity index (χ4v) is 14.9. The fraction of sp³-hybridized carbons (Fsp3) is 1.00. The summed E-state index contributed by atoms with van der Waals surface area (Å²) >= 11 is 0. The Hall–Kier alpha value is -0.320. The van der Waals surface area contributed by atoms with Crippen LogP contribution in [-0.2, 0) is 0 Å². The number of rotatable bonds is 72. The molecular formula is C80H166N8. The second kappa shape index (κ2) is 68.1. The molecule has 0 amide bonds. The summed E-state index contributed by atoms with van der Waals surface area (Å²) in [5, 5.41) is 11.1. The summed E-state index contributed by atoms with van der Waals surface area (Å²) < 4.78 is 0. The van der Waals surface area contributed by atoms with Crippen molar-refractivity contribution in [2.24, 2.45) is 11.8 Å². The van der Waals surface area contributed by atoms with Gasteiger partial charge in [0.1, 0.15) is 0 Å². The number of piperazine rings is 2. The van der Waals surface area contributed by atoms with Crippen molar-refractivity contribution in [2.45, 2.75) is 369 Å². The molecule has 2 heterocycles. The molecule has 0 bridgehead atoms. The number of hydrogen-bond donors (Lipinski definition) is 3. The lowest BCUT2D eigenvalue weighted by Gasteiger charge is -2.32. The van der Waals surface area contributed by atoms with E-state index in [4.69, 9.17) is 0 Å². The Morgan fingerprint density at radius 2 is 0.500 bits per heavy atom. The van der Waals surface area contributed by atoms with Gasteiger partial charge >= 0.3 is 0 Å². The van der Waals surface area contributed by atoms with Gasteiger partial charge in [0, 0.05) is 105 Å². The first-order valence-corrected chi connectivity index (χ1v) is 41.4. The van der Waals surface area contributed by atoms with Crippen molar-refractivity contribution < 1.29 is 0 Å². The Kier molecular flexibility index (Phi) is 64.8. The van der Waals surface area contributed by atoms with Crippen LogP contribution in [0.5, 0.6) is 0 Å². The molecule has 0 aromatic carbocycles. The third kappa shape index (κ3) is 55.0. The zero-order valence-electron chi connectivity index (χ0n) is 61.5. The zero-order valence-corrected chi connectivity index (χ0v) is 61.5. The summed E-state index contributed by atoms with van der Waals surface area (Å²) in [5.41, 5.74) is 0. The van der Waals surface area contributed by atoms with E-state index in [9.17, 15) is 0 Å². The van der Waals surface area contributed by atoms with Gasteiger partial charge in [-0.1, -0.05) is 330 Å². The minimum atomic E-state index is 0.927. The van der Waals surface area contributed by atoms with Crippen LogP contribution in [0.25, 0.3) is 0 Å². The number of unbranched alkanes of at least 4 members (excludes halogenated alkanes) is 41. The van der Waals surface area contributed by atoms with Crippen LogP contribution in [0.2, 0.25) is 0 Å². The van der Waals surface area contributed by atoms with Crippen LogP contribution in [0.1, 0.15) is 369 Å². The van der Waals surface area contributed by atoms with Crippen molar-refractivity contribution in [2.75, 3.05) is 137 Å². The first-order chi connectivity index (χ1) is 43.6. The molecule has 2 unspecified atom stereocenters. The maximum Gasteiger partial charge on any atom is 0.0110 e. The minimum absolute atomic E-state index is 0.927. The molecule has 0 spiro atoms. The lowest BCUT2D eigenvalue weighted by molar-refractivity contribution is 0.160. The van der Waals surface area contributed by atoms with Crippen molar-refractivity contribution in [1.82, 2.24) is 40.4 Å². The van der Waals surface area contributed by atoms with E-state index in [0.29, 0.717) is 0 Å². The van der Waals surface area contributed by atoms with Crippen molar-refractivity contribution >= 4 is 0 Å². The van der Waals surface area contributed by atoms with Crippen LogP contribution >= 0.6 is 0 Å². The Morgan fingerprint density at radius 3 is 0.841 bits per heavy atom. The maximum absolute atomic E-state index is 3.88. The highest BCUT2D eigenvalue weighted by atomic mass is 15.2. The molecule has 0 radical (unpaired) electrons. The van der Waals surface area contributed by atoms with Crippen LogP contribution in [0.3, 0.4) is 0 Å². The predicted octanol–water partition coefficient (Wildman–Crippen LogP) is 20.9.